The third kappa shape index (κ3) is 7.45. The first kappa shape index (κ1) is 23.4. The molecule has 168 valence electrons. The lowest BCUT2D eigenvalue weighted by Gasteiger charge is -2.24. The van der Waals surface area contributed by atoms with E-state index in [4.69, 9.17) is 0 Å². The first-order valence-corrected chi connectivity index (χ1v) is 13.2. The Morgan fingerprint density at radius 3 is 1.93 bits per heavy atom. The topological polar surface area (TPSA) is 27.8 Å². The van der Waals surface area contributed by atoms with Crippen molar-refractivity contribution in [3.8, 4) is 0 Å². The Hall–Kier alpha value is -1.28. The van der Waals surface area contributed by atoms with Crippen LogP contribution in [-0.4, -0.2) is 11.5 Å². The molecule has 0 radical (unpaired) electrons. The highest BCUT2D eigenvalue weighted by Gasteiger charge is 2.23. The van der Waals surface area contributed by atoms with Gasteiger partial charge in [0, 0.05) is 22.6 Å². The Morgan fingerprint density at radius 2 is 1.30 bits per heavy atom. The van der Waals surface area contributed by atoms with Gasteiger partial charge in [-0.05, 0) is 31.0 Å². The van der Waals surface area contributed by atoms with Crippen LogP contribution >= 0.6 is 0 Å². The summed E-state index contributed by atoms with van der Waals surface area (Å²) in [6.07, 6.45) is 24.0. The lowest BCUT2D eigenvalue weighted by atomic mass is 9.95. The summed E-state index contributed by atoms with van der Waals surface area (Å²) in [6.45, 7) is 3.42. The van der Waals surface area contributed by atoms with E-state index in [2.05, 4.69) is 41.5 Å². The Morgan fingerprint density at radius 1 is 0.733 bits per heavy atom. The predicted molar refractivity (Wildman–Crippen MR) is 132 cm³/mol. The second-order valence-corrected chi connectivity index (χ2v) is 9.56. The van der Waals surface area contributed by atoms with E-state index < -0.39 is 0 Å². The molecule has 1 aliphatic heterocycles. The van der Waals surface area contributed by atoms with Crippen molar-refractivity contribution in [2.45, 2.75) is 122 Å². The second kappa shape index (κ2) is 13.9. The van der Waals surface area contributed by atoms with Crippen molar-refractivity contribution in [1.29, 1.82) is 0 Å². The van der Waals surface area contributed by atoms with E-state index in [0.29, 0.717) is 6.04 Å². The highest BCUT2D eigenvalue weighted by molar-refractivity contribution is 5.85. The monoisotopic (exact) mass is 410 g/mol. The molecule has 2 nitrogen and oxygen atoms in total. The fourth-order valence-electron chi connectivity index (χ4n) is 5.23. The van der Waals surface area contributed by atoms with Crippen LogP contribution in [0, 0.1) is 0 Å². The molecule has 1 aromatic carbocycles. The van der Waals surface area contributed by atoms with Gasteiger partial charge in [0.25, 0.3) is 0 Å². The third-order valence-corrected chi connectivity index (χ3v) is 7.06. The molecule has 1 aliphatic rings. The summed E-state index contributed by atoms with van der Waals surface area (Å²) in [5, 5.41) is 5.19. The molecule has 3 rings (SSSR count). The maximum Gasteiger partial charge on any atom is 0.0476 e. The Balaban J connectivity index is 1.18. The third-order valence-electron chi connectivity index (χ3n) is 7.06. The Bertz CT molecular complexity index is 702. The standard InChI is InChI=1S/C28H46N2/c1-2-3-4-5-6-7-8-9-10-11-12-13-14-15-16-21-27-28-25(22-23-29-27)24-19-17-18-20-26(24)30-28/h17-20,27,29-30H,2-16,21-23H2,1H3/t27-/m0/s1. The molecule has 0 amide bonds. The SMILES string of the molecule is CCCCCCCCCCCCCCCCC[C@@H]1NCCc2c1[nH]c1ccccc21. The number of unbranched alkanes of at least 4 members (excludes halogenated alkanes) is 14. The fourth-order valence-corrected chi connectivity index (χ4v) is 5.23. The summed E-state index contributed by atoms with van der Waals surface area (Å²) in [5.41, 5.74) is 4.34. The van der Waals surface area contributed by atoms with E-state index in [1.165, 1.54) is 119 Å². The van der Waals surface area contributed by atoms with Crippen LogP contribution in [0.5, 0.6) is 0 Å². The molecule has 0 bridgehead atoms. The highest BCUT2D eigenvalue weighted by atomic mass is 15.0. The van der Waals surface area contributed by atoms with Crippen molar-refractivity contribution >= 4 is 10.9 Å². The van der Waals surface area contributed by atoms with E-state index in [0.717, 1.165) is 13.0 Å². The van der Waals surface area contributed by atoms with Crippen LogP contribution in [-0.2, 0) is 6.42 Å². The van der Waals surface area contributed by atoms with Gasteiger partial charge in [0.05, 0.1) is 0 Å². The molecule has 0 saturated heterocycles. The lowest BCUT2D eigenvalue weighted by molar-refractivity contribution is 0.441. The van der Waals surface area contributed by atoms with Gasteiger partial charge in [-0.1, -0.05) is 121 Å². The normalized spacial score (nSPS) is 16.2. The number of nitrogens with one attached hydrogen (secondary N) is 2. The van der Waals surface area contributed by atoms with Crippen molar-refractivity contribution in [2.24, 2.45) is 0 Å². The predicted octanol–water partition coefficient (Wildman–Crippen LogP) is 8.62. The van der Waals surface area contributed by atoms with Crippen LogP contribution in [0.2, 0.25) is 0 Å². The van der Waals surface area contributed by atoms with Crippen LogP contribution in [0.15, 0.2) is 24.3 Å². The summed E-state index contributed by atoms with van der Waals surface area (Å²) >= 11 is 0. The molecule has 30 heavy (non-hydrogen) atoms. The number of benzene rings is 1. The summed E-state index contributed by atoms with van der Waals surface area (Å²) < 4.78 is 0. The fraction of sp³-hybridized carbons (Fsp3) is 0.714. The quantitative estimate of drug-likeness (QED) is 0.266. The van der Waals surface area contributed by atoms with Crippen LogP contribution in [0.4, 0.5) is 0 Å². The zero-order chi connectivity index (χ0) is 20.9. The first-order chi connectivity index (χ1) is 14.9. The van der Waals surface area contributed by atoms with E-state index in [-0.39, 0.29) is 0 Å². The van der Waals surface area contributed by atoms with Gasteiger partial charge in [0.15, 0.2) is 0 Å². The largest absolute Gasteiger partial charge is 0.357 e. The van der Waals surface area contributed by atoms with Gasteiger partial charge in [-0.15, -0.1) is 0 Å². The van der Waals surface area contributed by atoms with E-state index in [1.54, 1.807) is 5.56 Å². The average Bonchev–Trinajstić information content (AvgIpc) is 3.16. The smallest absolute Gasteiger partial charge is 0.0476 e. The number of H-pyrrole nitrogens is 1. The van der Waals surface area contributed by atoms with E-state index in [1.807, 2.05) is 0 Å². The minimum Gasteiger partial charge on any atom is -0.357 e. The van der Waals surface area contributed by atoms with Crippen molar-refractivity contribution in [3.63, 3.8) is 0 Å². The molecule has 1 aromatic heterocycles. The van der Waals surface area contributed by atoms with Gasteiger partial charge in [-0.25, -0.2) is 0 Å². The molecule has 0 spiro atoms. The number of hydrogen-bond donors (Lipinski definition) is 2. The lowest BCUT2D eigenvalue weighted by Crippen LogP contribution is -2.29. The number of fused-ring (bicyclic) bond motifs is 3. The summed E-state index contributed by atoms with van der Waals surface area (Å²) in [7, 11) is 0. The molecular formula is C28H46N2. The second-order valence-electron chi connectivity index (χ2n) is 9.56. The Kier molecular flexibility index (Phi) is 10.8. The van der Waals surface area contributed by atoms with Gasteiger partial charge >= 0.3 is 0 Å². The molecular weight excluding hydrogens is 364 g/mol. The van der Waals surface area contributed by atoms with E-state index >= 15 is 0 Å². The van der Waals surface area contributed by atoms with Gasteiger partial charge in [-0.2, -0.15) is 0 Å². The molecule has 2 aromatic rings. The molecule has 0 unspecified atom stereocenters. The van der Waals surface area contributed by atoms with Crippen molar-refractivity contribution < 1.29 is 0 Å². The molecule has 2 N–H and O–H groups in total. The first-order valence-electron chi connectivity index (χ1n) is 13.2. The van der Waals surface area contributed by atoms with Crippen molar-refractivity contribution in [2.75, 3.05) is 6.54 Å². The number of para-hydroxylation sites is 1. The average molecular weight is 411 g/mol. The van der Waals surface area contributed by atoms with Gasteiger partial charge in [0.1, 0.15) is 0 Å². The van der Waals surface area contributed by atoms with Gasteiger partial charge in [0.2, 0.25) is 0 Å². The maximum atomic E-state index is 3.75. The number of hydrogen-bond acceptors (Lipinski definition) is 1. The maximum absolute atomic E-state index is 3.75. The molecule has 0 aliphatic carbocycles. The summed E-state index contributed by atoms with van der Waals surface area (Å²) in [6, 6.07) is 9.34. The van der Waals surface area contributed by atoms with Crippen molar-refractivity contribution in [1.82, 2.24) is 10.3 Å². The molecule has 0 saturated carbocycles. The van der Waals surface area contributed by atoms with Crippen LogP contribution in [0.3, 0.4) is 0 Å². The highest BCUT2D eigenvalue weighted by Crippen LogP contribution is 2.32. The minimum atomic E-state index is 0.531. The summed E-state index contributed by atoms with van der Waals surface area (Å²) in [5.74, 6) is 0. The van der Waals surface area contributed by atoms with E-state index in [9.17, 15) is 0 Å². The minimum absolute atomic E-state index is 0.531. The van der Waals surface area contributed by atoms with Crippen LogP contribution in [0.1, 0.15) is 127 Å². The van der Waals surface area contributed by atoms with Gasteiger partial charge < -0.3 is 10.3 Å². The van der Waals surface area contributed by atoms with Crippen LogP contribution in [0.25, 0.3) is 10.9 Å². The number of aromatic amines is 1. The number of rotatable bonds is 16. The zero-order valence-corrected chi connectivity index (χ0v) is 19.6. The Labute approximate surface area is 185 Å². The van der Waals surface area contributed by atoms with Crippen molar-refractivity contribution in [3.05, 3.63) is 35.5 Å². The summed E-state index contributed by atoms with van der Waals surface area (Å²) in [4.78, 5) is 3.71. The molecule has 2 heteroatoms. The molecule has 2 heterocycles. The molecule has 0 fully saturated rings. The van der Waals surface area contributed by atoms with Gasteiger partial charge in [-0.3, -0.25) is 0 Å². The van der Waals surface area contributed by atoms with Crippen LogP contribution < -0.4 is 5.32 Å². The zero-order valence-electron chi connectivity index (χ0n) is 19.6. The number of aromatic nitrogens is 1. The molecule has 1 atom stereocenters.